The summed E-state index contributed by atoms with van der Waals surface area (Å²) in [5, 5.41) is 9.77. The Labute approximate surface area is 181 Å². The summed E-state index contributed by atoms with van der Waals surface area (Å²) in [4.78, 5) is 33.1. The number of esters is 1. The molecule has 0 unspecified atom stereocenters. The molecule has 0 spiro atoms. The van der Waals surface area contributed by atoms with Crippen LogP contribution in [-0.4, -0.2) is 39.7 Å². The molecule has 1 N–H and O–H groups in total. The number of aromatic hydroxyl groups is 1. The van der Waals surface area contributed by atoms with Gasteiger partial charge in [0.1, 0.15) is 5.75 Å². The maximum atomic E-state index is 13.7. The van der Waals surface area contributed by atoms with Crippen molar-refractivity contribution in [2.24, 2.45) is 11.8 Å². The van der Waals surface area contributed by atoms with Gasteiger partial charge in [-0.25, -0.2) is 4.98 Å². The van der Waals surface area contributed by atoms with Crippen LogP contribution < -0.4 is 4.90 Å². The van der Waals surface area contributed by atoms with Gasteiger partial charge in [-0.1, -0.05) is 38.1 Å². The molecule has 0 saturated carbocycles. The minimum atomic E-state index is -1.04. The maximum Gasteiger partial charge on any atom is 0.321 e. The molecule has 0 saturated heterocycles. The highest BCUT2D eigenvalue weighted by molar-refractivity contribution is 6.08. The maximum absolute atomic E-state index is 13.7. The fourth-order valence-electron chi connectivity index (χ4n) is 4.12. The zero-order valence-electron chi connectivity index (χ0n) is 18.0. The third kappa shape index (κ3) is 3.76. The number of fused-ring (bicyclic) bond motifs is 3. The van der Waals surface area contributed by atoms with E-state index in [1.54, 1.807) is 36.1 Å². The molecule has 0 fully saturated rings. The molecule has 2 atom stereocenters. The molecule has 162 valence electrons. The molecule has 1 aliphatic rings. The SMILES string of the molecule is CCOC(=O)[C@H]1C(=O)N(CCC(C)C)c2nc3ccccc3n2[C@@H]1c1ccc(O)cc1. The van der Waals surface area contributed by atoms with Crippen LogP contribution in [0.25, 0.3) is 11.0 Å². The summed E-state index contributed by atoms with van der Waals surface area (Å²) >= 11 is 0. The summed E-state index contributed by atoms with van der Waals surface area (Å²) in [6, 6.07) is 13.6. The van der Waals surface area contributed by atoms with Crippen LogP contribution in [0.1, 0.15) is 38.8 Å². The van der Waals surface area contributed by atoms with E-state index in [0.717, 1.165) is 23.0 Å². The van der Waals surface area contributed by atoms with Gasteiger partial charge in [0.2, 0.25) is 11.9 Å². The fraction of sp³-hybridized carbons (Fsp3) is 0.375. The predicted molar refractivity (Wildman–Crippen MR) is 118 cm³/mol. The van der Waals surface area contributed by atoms with Gasteiger partial charge in [-0.05, 0) is 49.1 Å². The second-order valence-electron chi connectivity index (χ2n) is 8.21. The van der Waals surface area contributed by atoms with Gasteiger partial charge in [0.25, 0.3) is 0 Å². The quantitative estimate of drug-likeness (QED) is 0.482. The predicted octanol–water partition coefficient (Wildman–Crippen LogP) is 3.90. The van der Waals surface area contributed by atoms with E-state index in [0.29, 0.717) is 18.4 Å². The van der Waals surface area contributed by atoms with Crippen LogP contribution in [0.5, 0.6) is 5.75 Å². The topological polar surface area (TPSA) is 84.7 Å². The van der Waals surface area contributed by atoms with Gasteiger partial charge in [0.05, 0.1) is 23.7 Å². The average Bonchev–Trinajstić information content (AvgIpc) is 3.12. The molecule has 4 rings (SSSR count). The molecule has 7 heteroatoms. The number of ether oxygens (including phenoxy) is 1. The van der Waals surface area contributed by atoms with E-state index >= 15 is 0 Å². The number of phenols is 1. The van der Waals surface area contributed by atoms with E-state index in [1.165, 1.54) is 0 Å². The Morgan fingerprint density at radius 2 is 1.87 bits per heavy atom. The number of anilines is 1. The Balaban J connectivity index is 1.95. The first kappa shape index (κ1) is 20.9. The Bertz CT molecular complexity index is 1100. The Hall–Kier alpha value is -3.35. The lowest BCUT2D eigenvalue weighted by atomic mass is 9.89. The van der Waals surface area contributed by atoms with Crippen LogP contribution in [-0.2, 0) is 14.3 Å². The molecule has 7 nitrogen and oxygen atoms in total. The van der Waals surface area contributed by atoms with Crippen molar-refractivity contribution >= 4 is 28.9 Å². The van der Waals surface area contributed by atoms with Crippen LogP contribution in [0.2, 0.25) is 0 Å². The van der Waals surface area contributed by atoms with Crippen molar-refractivity contribution in [2.45, 2.75) is 33.2 Å². The average molecular weight is 421 g/mol. The van der Waals surface area contributed by atoms with Crippen molar-refractivity contribution in [1.82, 2.24) is 9.55 Å². The van der Waals surface area contributed by atoms with Gasteiger partial charge < -0.3 is 14.4 Å². The number of benzene rings is 2. The molecule has 0 radical (unpaired) electrons. The molecule has 1 aromatic heterocycles. The Morgan fingerprint density at radius 3 is 2.55 bits per heavy atom. The summed E-state index contributed by atoms with van der Waals surface area (Å²) in [7, 11) is 0. The second kappa shape index (κ2) is 8.41. The van der Waals surface area contributed by atoms with Gasteiger partial charge in [-0.15, -0.1) is 0 Å². The molecule has 2 aromatic carbocycles. The third-order valence-electron chi connectivity index (χ3n) is 5.65. The van der Waals surface area contributed by atoms with Crippen molar-refractivity contribution in [1.29, 1.82) is 0 Å². The number of nitrogens with zero attached hydrogens (tertiary/aromatic N) is 3. The van der Waals surface area contributed by atoms with E-state index in [4.69, 9.17) is 9.72 Å². The number of hydrogen-bond acceptors (Lipinski definition) is 5. The first-order chi connectivity index (χ1) is 14.9. The van der Waals surface area contributed by atoms with E-state index < -0.39 is 17.9 Å². The van der Waals surface area contributed by atoms with E-state index in [9.17, 15) is 14.7 Å². The number of imidazole rings is 1. The highest BCUT2D eigenvalue weighted by atomic mass is 16.5. The van der Waals surface area contributed by atoms with Crippen molar-refractivity contribution in [3.8, 4) is 5.75 Å². The first-order valence-corrected chi connectivity index (χ1v) is 10.7. The number of para-hydroxylation sites is 2. The van der Waals surface area contributed by atoms with Crippen LogP contribution in [0, 0.1) is 11.8 Å². The lowest BCUT2D eigenvalue weighted by molar-refractivity contribution is -0.153. The number of carbonyl (C=O) groups excluding carboxylic acids is 2. The summed E-state index contributed by atoms with van der Waals surface area (Å²) in [5.74, 6) is -0.856. The third-order valence-corrected chi connectivity index (χ3v) is 5.65. The lowest BCUT2D eigenvalue weighted by Gasteiger charge is -2.38. The van der Waals surface area contributed by atoms with E-state index in [1.807, 2.05) is 28.8 Å². The van der Waals surface area contributed by atoms with Crippen molar-refractivity contribution < 1.29 is 19.4 Å². The molecule has 1 amide bonds. The molecular formula is C24H27N3O4. The number of aromatic nitrogens is 2. The normalized spacial score (nSPS) is 18.5. The second-order valence-corrected chi connectivity index (χ2v) is 8.21. The molecule has 0 aliphatic carbocycles. The standard InChI is InChI=1S/C24H27N3O4/c1-4-31-23(30)20-21(16-9-11-17(28)12-10-16)27-19-8-6-5-7-18(19)25-24(27)26(22(20)29)14-13-15(2)3/h5-12,15,20-21,28H,4,13-14H2,1-3H3/t20-,21-/m1/s1. The summed E-state index contributed by atoms with van der Waals surface area (Å²) in [6.07, 6.45) is 0.786. The van der Waals surface area contributed by atoms with Crippen molar-refractivity contribution in [3.05, 3.63) is 54.1 Å². The van der Waals surface area contributed by atoms with Crippen LogP contribution in [0.3, 0.4) is 0 Å². The summed E-state index contributed by atoms with van der Waals surface area (Å²) in [6.45, 7) is 6.58. The van der Waals surface area contributed by atoms with E-state index in [2.05, 4.69) is 13.8 Å². The minimum Gasteiger partial charge on any atom is -0.508 e. The van der Waals surface area contributed by atoms with Gasteiger partial charge >= 0.3 is 5.97 Å². The highest BCUT2D eigenvalue weighted by Crippen LogP contribution is 2.41. The van der Waals surface area contributed by atoms with Crippen LogP contribution in [0.15, 0.2) is 48.5 Å². The molecule has 2 heterocycles. The highest BCUT2D eigenvalue weighted by Gasteiger charge is 2.47. The van der Waals surface area contributed by atoms with E-state index in [-0.39, 0.29) is 18.3 Å². The Kier molecular flexibility index (Phi) is 5.67. The molecule has 0 bridgehead atoms. The molecule has 3 aromatic rings. The van der Waals surface area contributed by atoms with Crippen molar-refractivity contribution in [2.75, 3.05) is 18.1 Å². The molecule has 1 aliphatic heterocycles. The minimum absolute atomic E-state index is 0.118. The van der Waals surface area contributed by atoms with Gasteiger partial charge in [-0.3, -0.25) is 14.5 Å². The first-order valence-electron chi connectivity index (χ1n) is 10.7. The van der Waals surface area contributed by atoms with Crippen LogP contribution >= 0.6 is 0 Å². The number of hydrogen-bond donors (Lipinski definition) is 1. The molecule has 31 heavy (non-hydrogen) atoms. The summed E-state index contributed by atoms with van der Waals surface area (Å²) in [5.41, 5.74) is 2.33. The van der Waals surface area contributed by atoms with Crippen molar-refractivity contribution in [3.63, 3.8) is 0 Å². The lowest BCUT2D eigenvalue weighted by Crippen LogP contribution is -2.50. The molecular weight excluding hydrogens is 394 g/mol. The number of rotatable bonds is 6. The fourth-order valence-corrected chi connectivity index (χ4v) is 4.12. The zero-order valence-corrected chi connectivity index (χ0v) is 18.0. The van der Waals surface area contributed by atoms with Gasteiger partial charge in [0.15, 0.2) is 5.92 Å². The monoisotopic (exact) mass is 421 g/mol. The number of carbonyl (C=O) groups is 2. The van der Waals surface area contributed by atoms with Crippen LogP contribution in [0.4, 0.5) is 5.95 Å². The Morgan fingerprint density at radius 1 is 1.16 bits per heavy atom. The van der Waals surface area contributed by atoms with Gasteiger partial charge in [-0.2, -0.15) is 0 Å². The zero-order chi connectivity index (χ0) is 22.1. The summed E-state index contributed by atoms with van der Waals surface area (Å²) < 4.78 is 7.30. The smallest absolute Gasteiger partial charge is 0.321 e. The number of amides is 1. The van der Waals surface area contributed by atoms with Gasteiger partial charge in [0, 0.05) is 6.54 Å². The number of phenolic OH excluding ortho intramolecular Hbond substituents is 1. The largest absolute Gasteiger partial charge is 0.508 e.